The lowest BCUT2D eigenvalue weighted by Crippen LogP contribution is -2.47. The van der Waals surface area contributed by atoms with Crippen LogP contribution in [-0.2, 0) is 14.8 Å². The van der Waals surface area contributed by atoms with Crippen molar-refractivity contribution in [1.29, 1.82) is 5.26 Å². The summed E-state index contributed by atoms with van der Waals surface area (Å²) in [5.41, 5.74) is 0.102. The van der Waals surface area contributed by atoms with Gasteiger partial charge >= 0.3 is 5.97 Å². The Bertz CT molecular complexity index is 1240. The van der Waals surface area contributed by atoms with Crippen LogP contribution < -0.4 is 4.74 Å². The highest BCUT2D eigenvalue weighted by atomic mass is 35.5. The number of rotatable bonds is 6. The van der Waals surface area contributed by atoms with Gasteiger partial charge in [-0.15, -0.1) is 0 Å². The van der Waals surface area contributed by atoms with Gasteiger partial charge in [-0.3, -0.25) is 9.69 Å². The van der Waals surface area contributed by atoms with E-state index in [1.165, 1.54) is 36.4 Å². The number of hydrogen-bond donors (Lipinski definition) is 1. The summed E-state index contributed by atoms with van der Waals surface area (Å²) in [6.07, 6.45) is 2.18. The fourth-order valence-corrected chi connectivity index (χ4v) is 7.26. The number of sulfonamides is 1. The number of nitriles is 1. The van der Waals surface area contributed by atoms with Crippen molar-refractivity contribution in [1.82, 2.24) is 9.21 Å². The van der Waals surface area contributed by atoms with Gasteiger partial charge in [0.25, 0.3) is 0 Å². The van der Waals surface area contributed by atoms with Gasteiger partial charge in [-0.1, -0.05) is 23.2 Å². The van der Waals surface area contributed by atoms with Crippen molar-refractivity contribution in [3.05, 3.63) is 52.0 Å². The Kier molecular flexibility index (Phi) is 7.08. The first-order valence-electron chi connectivity index (χ1n) is 10.8. The summed E-state index contributed by atoms with van der Waals surface area (Å²) >= 11 is 12.1. The van der Waals surface area contributed by atoms with E-state index in [2.05, 4.69) is 4.90 Å². The Balaban J connectivity index is 1.78. The third kappa shape index (κ3) is 4.74. The molecule has 0 aliphatic carbocycles. The molecule has 0 radical (unpaired) electrons. The summed E-state index contributed by atoms with van der Waals surface area (Å²) in [6, 6.07) is 8.36. The minimum atomic E-state index is -4.36. The highest BCUT2D eigenvalue weighted by Gasteiger charge is 2.51. The number of nitrogens with zero attached hydrogens (tertiary/aromatic N) is 3. The zero-order valence-corrected chi connectivity index (χ0v) is 20.6. The van der Waals surface area contributed by atoms with Crippen LogP contribution in [-0.4, -0.2) is 59.9 Å². The zero-order chi connectivity index (χ0) is 24.6. The summed E-state index contributed by atoms with van der Waals surface area (Å²) in [4.78, 5) is 14.0. The lowest BCUT2D eigenvalue weighted by atomic mass is 10.1. The van der Waals surface area contributed by atoms with Crippen LogP contribution in [0, 0.1) is 11.3 Å². The number of ether oxygens (including phenoxy) is 1. The predicted molar refractivity (Wildman–Crippen MR) is 127 cm³/mol. The maximum Gasteiger partial charge on any atom is 0.322 e. The molecule has 2 aliphatic rings. The number of halogens is 2. The molecule has 2 fully saturated rings. The van der Waals surface area contributed by atoms with E-state index in [-0.39, 0.29) is 34.4 Å². The quantitative estimate of drug-likeness (QED) is 0.598. The van der Waals surface area contributed by atoms with Crippen LogP contribution in [0.25, 0.3) is 0 Å². The van der Waals surface area contributed by atoms with Crippen molar-refractivity contribution in [3.63, 3.8) is 0 Å². The molecule has 2 heterocycles. The molecule has 0 aromatic heterocycles. The SMILES string of the molecule is CC1[C@@H](N2CCCC2)C[C@@H](C(=O)O)N1S(=O)(=O)c1cc(C#N)ccc1Oc1cc(Cl)cc(Cl)c1. The first kappa shape index (κ1) is 24.8. The largest absolute Gasteiger partial charge is 0.480 e. The minimum Gasteiger partial charge on any atom is -0.480 e. The topological polar surface area (TPSA) is 111 Å². The summed E-state index contributed by atoms with van der Waals surface area (Å²) in [7, 11) is -4.36. The van der Waals surface area contributed by atoms with Gasteiger partial charge in [-0.05, 0) is 75.7 Å². The normalized spacial score (nSPS) is 23.6. The third-order valence-corrected chi connectivity index (χ3v) is 8.77. The summed E-state index contributed by atoms with van der Waals surface area (Å²) < 4.78 is 34.8. The van der Waals surface area contributed by atoms with E-state index in [1.807, 2.05) is 6.07 Å². The second-order valence-electron chi connectivity index (χ2n) is 8.46. The molecule has 1 unspecified atom stereocenters. The molecule has 8 nitrogen and oxygen atoms in total. The molecule has 34 heavy (non-hydrogen) atoms. The average molecular weight is 524 g/mol. The first-order valence-corrected chi connectivity index (χ1v) is 13.0. The number of aliphatic carboxylic acids is 1. The van der Waals surface area contributed by atoms with Crippen molar-refractivity contribution in [2.24, 2.45) is 0 Å². The van der Waals surface area contributed by atoms with Gasteiger partial charge < -0.3 is 9.84 Å². The van der Waals surface area contributed by atoms with Crippen molar-refractivity contribution in [2.45, 2.75) is 49.2 Å². The van der Waals surface area contributed by atoms with Gasteiger partial charge in [0.05, 0.1) is 11.6 Å². The standard InChI is InChI=1S/C23H23Cl2N3O5S/c1-14-19(27-6-2-3-7-27)12-20(23(29)30)28(14)34(31,32)22-8-15(13-26)4-5-21(22)33-18-10-16(24)9-17(25)11-18/h4-5,8-11,14,19-20H,2-3,6-7,12H2,1H3,(H,29,30)/t14?,19-,20-/m0/s1. The van der Waals surface area contributed by atoms with E-state index in [1.54, 1.807) is 6.92 Å². The molecule has 2 aromatic rings. The summed E-state index contributed by atoms with van der Waals surface area (Å²) in [6.45, 7) is 3.35. The van der Waals surface area contributed by atoms with Gasteiger partial charge in [0.2, 0.25) is 10.0 Å². The number of likely N-dealkylation sites (tertiary alicyclic amines) is 1. The highest BCUT2D eigenvalue weighted by Crippen LogP contribution is 2.39. The monoisotopic (exact) mass is 523 g/mol. The molecule has 11 heteroatoms. The van der Waals surface area contributed by atoms with Crippen LogP contribution in [0.15, 0.2) is 41.3 Å². The van der Waals surface area contributed by atoms with E-state index < -0.39 is 28.1 Å². The summed E-state index contributed by atoms with van der Waals surface area (Å²) in [5.74, 6) is -1.06. The Labute approximate surface area is 208 Å². The number of carboxylic acids is 1. The van der Waals surface area contributed by atoms with E-state index in [9.17, 15) is 23.6 Å². The van der Waals surface area contributed by atoms with Gasteiger partial charge in [0.15, 0.2) is 0 Å². The fraction of sp³-hybridized carbons (Fsp3) is 0.391. The summed E-state index contributed by atoms with van der Waals surface area (Å²) in [5, 5.41) is 19.9. The maximum atomic E-state index is 13.9. The molecular formula is C23H23Cl2N3O5S. The van der Waals surface area contributed by atoms with Crippen molar-refractivity contribution < 1.29 is 23.1 Å². The molecule has 1 N–H and O–H groups in total. The minimum absolute atomic E-state index is 0.0571. The molecule has 2 aliphatic heterocycles. The second kappa shape index (κ2) is 9.72. The lowest BCUT2D eigenvalue weighted by molar-refractivity contribution is -0.140. The van der Waals surface area contributed by atoms with Crippen LogP contribution in [0.2, 0.25) is 10.0 Å². The third-order valence-electron chi connectivity index (χ3n) is 6.32. The zero-order valence-electron chi connectivity index (χ0n) is 18.3. The molecular weight excluding hydrogens is 501 g/mol. The Hall–Kier alpha value is -2.35. The molecule has 2 saturated heterocycles. The Morgan fingerprint density at radius 3 is 2.38 bits per heavy atom. The van der Waals surface area contributed by atoms with Crippen molar-refractivity contribution in [3.8, 4) is 17.6 Å². The van der Waals surface area contributed by atoms with E-state index in [0.717, 1.165) is 30.2 Å². The Morgan fingerprint density at radius 2 is 1.79 bits per heavy atom. The second-order valence-corrected chi connectivity index (χ2v) is 11.1. The predicted octanol–water partition coefficient (Wildman–Crippen LogP) is 4.36. The highest BCUT2D eigenvalue weighted by molar-refractivity contribution is 7.89. The van der Waals surface area contributed by atoms with Crippen LogP contribution in [0.3, 0.4) is 0 Å². The Morgan fingerprint density at radius 1 is 1.15 bits per heavy atom. The van der Waals surface area contributed by atoms with Gasteiger partial charge in [-0.25, -0.2) is 8.42 Å². The van der Waals surface area contributed by atoms with E-state index >= 15 is 0 Å². The van der Waals surface area contributed by atoms with Crippen molar-refractivity contribution >= 4 is 39.2 Å². The molecule has 180 valence electrons. The number of carbonyl (C=O) groups is 1. The number of benzene rings is 2. The first-order chi connectivity index (χ1) is 16.1. The molecule has 2 aromatic carbocycles. The van der Waals surface area contributed by atoms with Crippen molar-refractivity contribution in [2.75, 3.05) is 13.1 Å². The smallest absolute Gasteiger partial charge is 0.322 e. The fourth-order valence-electron chi connectivity index (χ4n) is 4.80. The van der Waals surface area contributed by atoms with Crippen LogP contribution in [0.4, 0.5) is 0 Å². The molecule has 3 atom stereocenters. The molecule has 4 rings (SSSR count). The lowest BCUT2D eigenvalue weighted by Gasteiger charge is -2.30. The van der Waals surface area contributed by atoms with Gasteiger partial charge in [0.1, 0.15) is 22.4 Å². The van der Waals surface area contributed by atoms with Gasteiger partial charge in [0, 0.05) is 22.1 Å². The van der Waals surface area contributed by atoms with Gasteiger partial charge in [-0.2, -0.15) is 9.57 Å². The molecule has 0 amide bonds. The number of hydrogen-bond acceptors (Lipinski definition) is 6. The van der Waals surface area contributed by atoms with E-state index in [0.29, 0.717) is 10.0 Å². The maximum absolute atomic E-state index is 13.9. The van der Waals surface area contributed by atoms with E-state index in [4.69, 9.17) is 27.9 Å². The van der Waals surface area contributed by atoms with Crippen LogP contribution in [0.5, 0.6) is 11.5 Å². The number of carboxylic acid groups (broad SMARTS) is 1. The molecule has 0 bridgehead atoms. The van der Waals surface area contributed by atoms with Crippen LogP contribution in [0.1, 0.15) is 31.7 Å². The van der Waals surface area contributed by atoms with Crippen LogP contribution >= 0.6 is 23.2 Å². The molecule has 0 spiro atoms. The molecule has 0 saturated carbocycles. The average Bonchev–Trinajstić information content (AvgIpc) is 3.41.